The van der Waals surface area contributed by atoms with Crippen LogP contribution in [-0.4, -0.2) is 29.9 Å². The van der Waals surface area contributed by atoms with E-state index in [1.165, 1.54) is 0 Å². The molecule has 0 aliphatic carbocycles. The molecule has 0 bridgehead atoms. The van der Waals surface area contributed by atoms with Crippen LogP contribution in [0.3, 0.4) is 0 Å². The van der Waals surface area contributed by atoms with Gasteiger partial charge in [0.25, 0.3) is 0 Å². The first-order chi connectivity index (χ1) is 8.57. The molecule has 1 aliphatic rings. The lowest BCUT2D eigenvalue weighted by Gasteiger charge is -2.01. The Morgan fingerprint density at radius 1 is 1.44 bits per heavy atom. The van der Waals surface area contributed by atoms with Crippen molar-refractivity contribution in [3.63, 3.8) is 0 Å². The summed E-state index contributed by atoms with van der Waals surface area (Å²) >= 11 is 0. The fourth-order valence-corrected chi connectivity index (χ4v) is 4.05. The van der Waals surface area contributed by atoms with Gasteiger partial charge in [-0.2, -0.15) is 5.26 Å². The summed E-state index contributed by atoms with van der Waals surface area (Å²) in [5.74, 6) is 1.06. The van der Waals surface area contributed by atoms with Gasteiger partial charge >= 0.3 is 0 Å². The molecule has 0 radical (unpaired) electrons. The molecule has 1 aromatic heterocycles. The molecule has 1 unspecified atom stereocenters. The van der Waals surface area contributed by atoms with E-state index >= 15 is 0 Å². The largest absolute Gasteiger partial charge is 0.342 e. The standard InChI is InChI=1S/C12H11N3O2S/c13-6-8-1-2-10-11(5-8)15-12(14-10)9-3-4-18(16,17)7-9/h1-2,5,9H,3-4,7H2,(H,14,15). The van der Waals surface area contributed by atoms with Crippen LogP contribution in [0.15, 0.2) is 18.2 Å². The quantitative estimate of drug-likeness (QED) is 0.839. The lowest BCUT2D eigenvalue weighted by molar-refractivity contribution is 0.601. The second-order valence-electron chi connectivity index (χ2n) is 4.57. The third-order valence-corrected chi connectivity index (χ3v) is 5.02. The van der Waals surface area contributed by atoms with E-state index in [2.05, 4.69) is 16.0 Å². The highest BCUT2D eigenvalue weighted by Crippen LogP contribution is 2.28. The van der Waals surface area contributed by atoms with Gasteiger partial charge in [-0.15, -0.1) is 0 Å². The summed E-state index contributed by atoms with van der Waals surface area (Å²) in [6, 6.07) is 7.28. The summed E-state index contributed by atoms with van der Waals surface area (Å²) in [5, 5.41) is 8.82. The summed E-state index contributed by atoms with van der Waals surface area (Å²) in [4.78, 5) is 7.53. The van der Waals surface area contributed by atoms with E-state index < -0.39 is 9.84 Å². The molecular formula is C12H11N3O2S. The molecule has 1 saturated heterocycles. The number of nitrogens with zero attached hydrogens (tertiary/aromatic N) is 2. The van der Waals surface area contributed by atoms with Crippen molar-refractivity contribution in [1.82, 2.24) is 9.97 Å². The van der Waals surface area contributed by atoms with Crippen LogP contribution in [0.2, 0.25) is 0 Å². The highest BCUT2D eigenvalue weighted by atomic mass is 32.2. The number of imidazole rings is 1. The van der Waals surface area contributed by atoms with E-state index in [0.29, 0.717) is 17.8 Å². The molecule has 92 valence electrons. The fourth-order valence-electron chi connectivity index (χ4n) is 2.30. The molecule has 1 aromatic carbocycles. The Bertz CT molecular complexity index is 755. The topological polar surface area (TPSA) is 86.6 Å². The molecule has 0 spiro atoms. The number of rotatable bonds is 1. The van der Waals surface area contributed by atoms with Crippen molar-refractivity contribution in [2.45, 2.75) is 12.3 Å². The van der Waals surface area contributed by atoms with Crippen LogP contribution in [0.4, 0.5) is 0 Å². The number of fused-ring (bicyclic) bond motifs is 1. The minimum absolute atomic E-state index is 0.0482. The summed E-state index contributed by atoms with van der Waals surface area (Å²) < 4.78 is 22.9. The number of hydrogen-bond acceptors (Lipinski definition) is 4. The van der Waals surface area contributed by atoms with Crippen LogP contribution < -0.4 is 0 Å². The SMILES string of the molecule is N#Cc1ccc2nc(C3CCS(=O)(=O)C3)[nH]c2c1. The van der Waals surface area contributed by atoms with Crippen molar-refractivity contribution in [2.24, 2.45) is 0 Å². The van der Waals surface area contributed by atoms with E-state index in [9.17, 15) is 8.42 Å². The van der Waals surface area contributed by atoms with Crippen LogP contribution in [-0.2, 0) is 9.84 Å². The van der Waals surface area contributed by atoms with Gasteiger partial charge in [0.2, 0.25) is 0 Å². The van der Waals surface area contributed by atoms with Crippen molar-refractivity contribution >= 4 is 20.9 Å². The predicted octanol–water partition coefficient (Wildman–Crippen LogP) is 1.34. The van der Waals surface area contributed by atoms with Gasteiger partial charge in [0.15, 0.2) is 9.84 Å². The van der Waals surface area contributed by atoms with Crippen LogP contribution in [0, 0.1) is 11.3 Å². The molecule has 2 heterocycles. The zero-order valence-corrected chi connectivity index (χ0v) is 10.4. The third kappa shape index (κ3) is 1.87. The average molecular weight is 261 g/mol. The lowest BCUT2D eigenvalue weighted by Crippen LogP contribution is -2.04. The number of nitriles is 1. The predicted molar refractivity (Wildman–Crippen MR) is 66.8 cm³/mol. The molecule has 5 nitrogen and oxygen atoms in total. The monoisotopic (exact) mass is 261 g/mol. The minimum atomic E-state index is -2.91. The first kappa shape index (κ1) is 11.2. The Morgan fingerprint density at radius 3 is 2.94 bits per heavy atom. The fraction of sp³-hybridized carbons (Fsp3) is 0.333. The summed E-state index contributed by atoms with van der Waals surface area (Å²) in [7, 11) is -2.91. The number of hydrogen-bond donors (Lipinski definition) is 1. The van der Waals surface area contributed by atoms with Gasteiger partial charge in [-0.25, -0.2) is 13.4 Å². The maximum atomic E-state index is 11.4. The Balaban J connectivity index is 2.02. The third-order valence-electron chi connectivity index (χ3n) is 3.25. The molecule has 18 heavy (non-hydrogen) atoms. The zero-order valence-electron chi connectivity index (χ0n) is 9.55. The Morgan fingerprint density at radius 2 is 2.28 bits per heavy atom. The van der Waals surface area contributed by atoms with Gasteiger partial charge in [-0.3, -0.25) is 0 Å². The van der Waals surface area contributed by atoms with Crippen LogP contribution in [0.5, 0.6) is 0 Å². The molecular weight excluding hydrogens is 250 g/mol. The normalized spacial score (nSPS) is 22.1. The number of H-pyrrole nitrogens is 1. The van der Waals surface area contributed by atoms with Gasteiger partial charge in [0, 0.05) is 5.92 Å². The van der Waals surface area contributed by atoms with Crippen molar-refractivity contribution in [3.8, 4) is 6.07 Å². The van der Waals surface area contributed by atoms with E-state index in [4.69, 9.17) is 5.26 Å². The Labute approximate surface area is 104 Å². The van der Waals surface area contributed by atoms with Gasteiger partial charge in [-0.05, 0) is 24.6 Å². The smallest absolute Gasteiger partial charge is 0.151 e. The molecule has 2 aromatic rings. The van der Waals surface area contributed by atoms with Crippen LogP contribution >= 0.6 is 0 Å². The van der Waals surface area contributed by atoms with Crippen LogP contribution in [0.25, 0.3) is 11.0 Å². The number of aromatic amines is 1. The van der Waals surface area contributed by atoms with Gasteiger partial charge < -0.3 is 4.98 Å². The number of sulfone groups is 1. The van der Waals surface area contributed by atoms with Crippen molar-refractivity contribution in [3.05, 3.63) is 29.6 Å². The summed E-state index contributed by atoms with van der Waals surface area (Å²) in [5.41, 5.74) is 2.12. The van der Waals surface area contributed by atoms with E-state index in [1.54, 1.807) is 18.2 Å². The van der Waals surface area contributed by atoms with Gasteiger partial charge in [0.05, 0.1) is 34.2 Å². The number of aromatic nitrogens is 2. The molecule has 0 saturated carbocycles. The van der Waals surface area contributed by atoms with Crippen molar-refractivity contribution in [1.29, 1.82) is 5.26 Å². The molecule has 1 atom stereocenters. The van der Waals surface area contributed by atoms with E-state index in [0.717, 1.165) is 11.0 Å². The van der Waals surface area contributed by atoms with E-state index in [1.807, 2.05) is 0 Å². The first-order valence-electron chi connectivity index (χ1n) is 5.67. The second kappa shape index (κ2) is 3.82. The average Bonchev–Trinajstić information content (AvgIpc) is 2.90. The van der Waals surface area contributed by atoms with Gasteiger partial charge in [0.1, 0.15) is 5.82 Å². The summed E-state index contributed by atoms with van der Waals surface area (Å²) in [6.07, 6.45) is 0.618. The molecule has 1 aliphatic heterocycles. The minimum Gasteiger partial charge on any atom is -0.342 e. The number of nitrogens with one attached hydrogen (secondary N) is 1. The van der Waals surface area contributed by atoms with E-state index in [-0.39, 0.29) is 17.4 Å². The maximum Gasteiger partial charge on any atom is 0.151 e. The highest BCUT2D eigenvalue weighted by Gasteiger charge is 2.30. The van der Waals surface area contributed by atoms with Crippen molar-refractivity contribution in [2.75, 3.05) is 11.5 Å². The molecule has 6 heteroatoms. The Kier molecular flexibility index (Phi) is 2.38. The van der Waals surface area contributed by atoms with Crippen molar-refractivity contribution < 1.29 is 8.42 Å². The molecule has 3 rings (SSSR count). The molecule has 1 fully saturated rings. The van der Waals surface area contributed by atoms with Gasteiger partial charge in [-0.1, -0.05) is 0 Å². The molecule has 0 amide bonds. The summed E-state index contributed by atoms with van der Waals surface area (Å²) in [6.45, 7) is 0. The Hall–Kier alpha value is -1.87. The maximum absolute atomic E-state index is 11.4. The molecule has 1 N–H and O–H groups in total. The van der Waals surface area contributed by atoms with Crippen LogP contribution in [0.1, 0.15) is 23.7 Å². The number of benzene rings is 1. The second-order valence-corrected chi connectivity index (χ2v) is 6.79. The lowest BCUT2D eigenvalue weighted by atomic mass is 10.1. The first-order valence-corrected chi connectivity index (χ1v) is 7.50. The zero-order chi connectivity index (χ0) is 12.8. The highest BCUT2D eigenvalue weighted by molar-refractivity contribution is 7.91.